The number of halogens is 5. The van der Waals surface area contributed by atoms with E-state index in [1.54, 1.807) is 6.20 Å². The number of H-pyrrole nitrogens is 1. The Labute approximate surface area is 222 Å². The van der Waals surface area contributed by atoms with E-state index in [9.17, 15) is 23.5 Å². The van der Waals surface area contributed by atoms with E-state index in [1.165, 1.54) is 6.07 Å². The van der Waals surface area contributed by atoms with Crippen LogP contribution in [0.1, 0.15) is 39.3 Å². The SMILES string of the molecule is Cl.Cl.O=C(NCc1ccc(N2CCC(O)CC2)nc1)c1cc(NC(=O)c2cc(F)c(F)cc2Cl)n[nH]1. The molecule has 14 heteroatoms. The van der Waals surface area contributed by atoms with E-state index in [1.807, 2.05) is 12.1 Å². The fourth-order valence-corrected chi connectivity index (χ4v) is 3.70. The zero-order valence-electron chi connectivity index (χ0n) is 18.6. The fourth-order valence-electron chi connectivity index (χ4n) is 3.46. The summed E-state index contributed by atoms with van der Waals surface area (Å²) in [7, 11) is 0. The van der Waals surface area contributed by atoms with Crippen LogP contribution >= 0.6 is 36.4 Å². The molecule has 194 valence electrons. The first-order chi connectivity index (χ1) is 16.3. The molecule has 0 saturated carbocycles. The van der Waals surface area contributed by atoms with Gasteiger partial charge in [-0.05, 0) is 36.6 Å². The van der Waals surface area contributed by atoms with E-state index in [0.717, 1.165) is 24.5 Å². The smallest absolute Gasteiger partial charge is 0.269 e. The number of pyridine rings is 1. The van der Waals surface area contributed by atoms with Crippen LogP contribution in [-0.2, 0) is 6.54 Å². The summed E-state index contributed by atoms with van der Waals surface area (Å²) in [4.78, 5) is 31.2. The lowest BCUT2D eigenvalue weighted by molar-refractivity contribution is 0.0945. The number of nitrogens with one attached hydrogen (secondary N) is 3. The second kappa shape index (κ2) is 12.8. The Hall–Kier alpha value is -2.99. The molecule has 0 aliphatic carbocycles. The first-order valence-electron chi connectivity index (χ1n) is 10.5. The van der Waals surface area contributed by atoms with Gasteiger partial charge in [-0.25, -0.2) is 13.8 Å². The monoisotopic (exact) mass is 562 g/mol. The lowest BCUT2D eigenvalue weighted by Gasteiger charge is -2.30. The van der Waals surface area contributed by atoms with Crippen LogP contribution in [0.15, 0.2) is 36.5 Å². The third kappa shape index (κ3) is 7.03. The van der Waals surface area contributed by atoms with E-state index in [0.29, 0.717) is 25.0 Å². The summed E-state index contributed by atoms with van der Waals surface area (Å²) in [6.45, 7) is 1.70. The van der Waals surface area contributed by atoms with Gasteiger partial charge in [0.1, 0.15) is 11.5 Å². The lowest BCUT2D eigenvalue weighted by atomic mass is 10.1. The van der Waals surface area contributed by atoms with Crippen LogP contribution in [0.2, 0.25) is 5.02 Å². The molecule has 2 amide bonds. The lowest BCUT2D eigenvalue weighted by Crippen LogP contribution is -2.36. The van der Waals surface area contributed by atoms with Crippen LogP contribution in [0.4, 0.5) is 20.4 Å². The Balaban J connectivity index is 0.00000228. The van der Waals surface area contributed by atoms with Crippen LogP contribution < -0.4 is 15.5 Å². The van der Waals surface area contributed by atoms with Crippen molar-refractivity contribution in [3.05, 3.63) is 70.0 Å². The number of hydrogen-bond donors (Lipinski definition) is 4. The van der Waals surface area contributed by atoms with Gasteiger partial charge in [0.15, 0.2) is 17.5 Å². The summed E-state index contributed by atoms with van der Waals surface area (Å²) >= 11 is 5.80. The minimum absolute atomic E-state index is 0. The van der Waals surface area contributed by atoms with Gasteiger partial charge in [0.05, 0.1) is 16.7 Å². The zero-order chi connectivity index (χ0) is 24.2. The summed E-state index contributed by atoms with van der Waals surface area (Å²) in [6.07, 6.45) is 2.83. The van der Waals surface area contributed by atoms with Gasteiger partial charge in [-0.1, -0.05) is 17.7 Å². The highest BCUT2D eigenvalue weighted by Crippen LogP contribution is 2.21. The quantitative estimate of drug-likeness (QED) is 0.339. The molecule has 0 atom stereocenters. The standard InChI is InChI=1S/C22H21ClF2N6O3.2ClH/c23-15-8-17(25)16(24)7-14(15)21(33)28-19-9-18(29-30-19)22(34)27-11-12-1-2-20(26-10-12)31-5-3-13(32)4-6-31;;/h1-2,7-10,13,32H,3-6,11H2,(H,27,34)(H2,28,29,30,33);2*1H. The summed E-state index contributed by atoms with van der Waals surface area (Å²) in [5.41, 5.74) is 0.601. The largest absolute Gasteiger partial charge is 0.393 e. The Kier molecular flexibility index (Phi) is 10.4. The first kappa shape index (κ1) is 29.2. The molecule has 4 N–H and O–H groups in total. The van der Waals surface area contributed by atoms with Crippen LogP contribution in [0.5, 0.6) is 0 Å². The van der Waals surface area contributed by atoms with Crippen molar-refractivity contribution >= 4 is 59.9 Å². The van der Waals surface area contributed by atoms with Crippen LogP contribution in [0, 0.1) is 11.6 Å². The summed E-state index contributed by atoms with van der Waals surface area (Å²) in [5, 5.41) is 20.8. The molecule has 0 radical (unpaired) electrons. The molecule has 0 unspecified atom stereocenters. The van der Waals surface area contributed by atoms with Crippen molar-refractivity contribution in [1.82, 2.24) is 20.5 Å². The number of nitrogens with zero attached hydrogens (tertiary/aromatic N) is 3. The summed E-state index contributed by atoms with van der Waals surface area (Å²) < 4.78 is 26.6. The molecule has 3 heterocycles. The predicted molar refractivity (Wildman–Crippen MR) is 135 cm³/mol. The van der Waals surface area contributed by atoms with Crippen molar-refractivity contribution < 1.29 is 23.5 Å². The van der Waals surface area contributed by atoms with Crippen LogP contribution in [0.25, 0.3) is 0 Å². The van der Waals surface area contributed by atoms with Gasteiger partial charge in [-0.2, -0.15) is 5.10 Å². The second-order valence-electron chi connectivity index (χ2n) is 7.79. The fraction of sp³-hybridized carbons (Fsp3) is 0.273. The number of anilines is 2. The van der Waals surface area contributed by atoms with E-state index < -0.39 is 23.4 Å². The molecule has 0 spiro atoms. The van der Waals surface area contributed by atoms with Crippen LogP contribution in [0.3, 0.4) is 0 Å². The number of amides is 2. The molecule has 2 aromatic heterocycles. The van der Waals surface area contributed by atoms with E-state index in [4.69, 9.17) is 11.6 Å². The highest BCUT2D eigenvalue weighted by molar-refractivity contribution is 6.34. The van der Waals surface area contributed by atoms with Crippen molar-refractivity contribution in [3.63, 3.8) is 0 Å². The number of carbonyl (C=O) groups excluding carboxylic acids is 2. The van der Waals surface area contributed by atoms with Crippen molar-refractivity contribution in [2.75, 3.05) is 23.3 Å². The molecule has 1 aliphatic heterocycles. The van der Waals surface area contributed by atoms with Gasteiger partial charge in [0.25, 0.3) is 11.8 Å². The average molecular weight is 564 g/mol. The minimum Gasteiger partial charge on any atom is -0.393 e. The molecule has 9 nitrogen and oxygen atoms in total. The number of aliphatic hydroxyl groups is 1. The van der Waals surface area contributed by atoms with Crippen molar-refractivity contribution in [2.45, 2.75) is 25.5 Å². The van der Waals surface area contributed by atoms with Crippen LogP contribution in [-0.4, -0.2) is 51.3 Å². The maximum Gasteiger partial charge on any atom is 0.269 e. The summed E-state index contributed by atoms with van der Waals surface area (Å²) in [6, 6.07) is 6.41. The van der Waals surface area contributed by atoms with Crippen molar-refractivity contribution in [2.24, 2.45) is 0 Å². The topological polar surface area (TPSA) is 123 Å². The van der Waals surface area contributed by atoms with Gasteiger partial charge in [-0.3, -0.25) is 14.7 Å². The number of rotatable bonds is 6. The minimum atomic E-state index is -1.21. The van der Waals surface area contributed by atoms with E-state index in [-0.39, 0.29) is 59.6 Å². The van der Waals surface area contributed by atoms with Gasteiger partial charge in [0, 0.05) is 31.9 Å². The van der Waals surface area contributed by atoms with Gasteiger partial charge >= 0.3 is 0 Å². The molecule has 3 aromatic rings. The van der Waals surface area contributed by atoms with Gasteiger partial charge in [0.2, 0.25) is 0 Å². The Morgan fingerprint density at radius 3 is 2.47 bits per heavy atom. The zero-order valence-corrected chi connectivity index (χ0v) is 21.0. The van der Waals surface area contributed by atoms with Crippen molar-refractivity contribution in [3.8, 4) is 0 Å². The molecular formula is C22H23Cl3F2N6O3. The maximum absolute atomic E-state index is 13.4. The third-order valence-corrected chi connectivity index (χ3v) is 5.68. The highest BCUT2D eigenvalue weighted by atomic mass is 35.5. The molecular weight excluding hydrogens is 541 g/mol. The predicted octanol–water partition coefficient (Wildman–Crippen LogP) is 3.72. The number of benzene rings is 1. The normalized spacial score (nSPS) is 13.4. The number of aromatic nitrogens is 3. The molecule has 1 aromatic carbocycles. The molecule has 1 fully saturated rings. The molecule has 4 rings (SSSR count). The molecule has 1 saturated heterocycles. The second-order valence-corrected chi connectivity index (χ2v) is 8.20. The summed E-state index contributed by atoms with van der Waals surface area (Å²) in [5.74, 6) is -2.83. The van der Waals surface area contributed by atoms with Crippen molar-refractivity contribution in [1.29, 1.82) is 0 Å². The maximum atomic E-state index is 13.4. The van der Waals surface area contributed by atoms with Gasteiger partial charge in [-0.15, -0.1) is 24.8 Å². The number of carbonyl (C=O) groups is 2. The number of piperidine rings is 1. The number of aromatic amines is 1. The van der Waals surface area contributed by atoms with E-state index >= 15 is 0 Å². The molecule has 0 bridgehead atoms. The molecule has 1 aliphatic rings. The van der Waals surface area contributed by atoms with E-state index in [2.05, 4.69) is 30.7 Å². The first-order valence-corrected chi connectivity index (χ1v) is 10.9. The Morgan fingerprint density at radius 1 is 1.11 bits per heavy atom. The number of aliphatic hydroxyl groups excluding tert-OH is 1. The highest BCUT2D eigenvalue weighted by Gasteiger charge is 2.19. The Morgan fingerprint density at radius 2 is 1.81 bits per heavy atom. The van der Waals surface area contributed by atoms with Gasteiger partial charge < -0.3 is 20.6 Å². The number of hydrogen-bond acceptors (Lipinski definition) is 6. The average Bonchev–Trinajstić information content (AvgIpc) is 3.29. The Bertz CT molecular complexity index is 1200. The third-order valence-electron chi connectivity index (χ3n) is 5.37. The molecule has 36 heavy (non-hydrogen) atoms.